The van der Waals surface area contributed by atoms with Gasteiger partial charge in [0.1, 0.15) is 5.75 Å². The maximum absolute atomic E-state index is 10.4. The fourth-order valence-electron chi connectivity index (χ4n) is 3.06. The molecule has 0 amide bonds. The smallest absolute Gasteiger partial charge is 0.119 e. The molecule has 4 nitrogen and oxygen atoms in total. The van der Waals surface area contributed by atoms with Crippen LogP contribution in [0.15, 0.2) is 24.3 Å². The van der Waals surface area contributed by atoms with Gasteiger partial charge in [0.2, 0.25) is 0 Å². The van der Waals surface area contributed by atoms with Crippen molar-refractivity contribution in [1.29, 1.82) is 0 Å². The summed E-state index contributed by atoms with van der Waals surface area (Å²) in [6.07, 6.45) is 2.83. The molecule has 1 N–H and O–H groups in total. The van der Waals surface area contributed by atoms with Crippen LogP contribution in [0.4, 0.5) is 0 Å². The number of hydrogen-bond acceptors (Lipinski definition) is 4. The zero-order chi connectivity index (χ0) is 15.9. The molecule has 1 atom stereocenters. The highest BCUT2D eigenvalue weighted by atomic mass is 16.5. The van der Waals surface area contributed by atoms with Gasteiger partial charge < -0.3 is 19.6 Å². The van der Waals surface area contributed by atoms with Crippen LogP contribution >= 0.6 is 0 Å². The van der Waals surface area contributed by atoms with E-state index in [9.17, 15) is 5.11 Å². The number of piperidine rings is 1. The Bertz CT molecular complexity index is 427. The molecule has 1 aromatic rings. The summed E-state index contributed by atoms with van der Waals surface area (Å²) in [6, 6.07) is 8.45. The number of benzene rings is 1. The van der Waals surface area contributed by atoms with Crippen LogP contribution in [0.25, 0.3) is 0 Å². The van der Waals surface area contributed by atoms with E-state index in [1.54, 1.807) is 0 Å². The molecular weight excluding hydrogens is 276 g/mol. The van der Waals surface area contributed by atoms with Gasteiger partial charge in [-0.25, -0.2) is 0 Å². The van der Waals surface area contributed by atoms with Crippen LogP contribution in [0.1, 0.15) is 37.9 Å². The average molecular weight is 306 g/mol. The van der Waals surface area contributed by atoms with Crippen LogP contribution < -0.4 is 4.74 Å². The molecule has 0 spiro atoms. The van der Waals surface area contributed by atoms with Crippen LogP contribution in [-0.4, -0.2) is 61.3 Å². The van der Waals surface area contributed by atoms with Crippen LogP contribution in [0.5, 0.6) is 5.75 Å². The second-order valence-electron chi connectivity index (χ2n) is 6.32. The minimum absolute atomic E-state index is 0.399. The van der Waals surface area contributed by atoms with Crippen molar-refractivity contribution in [3.05, 3.63) is 29.8 Å². The third-order valence-corrected chi connectivity index (χ3v) is 4.64. The fourth-order valence-corrected chi connectivity index (χ4v) is 3.06. The van der Waals surface area contributed by atoms with Gasteiger partial charge in [0, 0.05) is 12.6 Å². The van der Waals surface area contributed by atoms with Crippen molar-refractivity contribution in [2.24, 2.45) is 0 Å². The lowest BCUT2D eigenvalue weighted by Gasteiger charge is -2.35. The van der Waals surface area contributed by atoms with Gasteiger partial charge in [0.25, 0.3) is 0 Å². The number of likely N-dealkylation sites (tertiary alicyclic amines) is 1. The second-order valence-corrected chi connectivity index (χ2v) is 6.32. The van der Waals surface area contributed by atoms with Crippen molar-refractivity contribution in [1.82, 2.24) is 9.80 Å². The summed E-state index contributed by atoms with van der Waals surface area (Å²) in [7, 11) is 4.37. The van der Waals surface area contributed by atoms with Crippen molar-refractivity contribution < 1.29 is 9.84 Å². The molecule has 0 radical (unpaired) electrons. The fraction of sp³-hybridized carbons (Fsp3) is 0.667. The molecule has 1 unspecified atom stereocenters. The number of ether oxygens (including phenoxy) is 1. The standard InChI is InChI=1S/C18H30N2O2/c1-4-22-17-7-5-15(6-8-17)18(21)11-14-20(3)16-9-12-19(2)13-10-16/h5-8,16,18,21H,4,9-14H2,1-3H3. The van der Waals surface area contributed by atoms with E-state index in [-0.39, 0.29) is 0 Å². The van der Waals surface area contributed by atoms with Gasteiger partial charge in [-0.05, 0) is 71.1 Å². The Morgan fingerprint density at radius 2 is 1.91 bits per heavy atom. The zero-order valence-corrected chi connectivity index (χ0v) is 14.2. The highest BCUT2D eigenvalue weighted by Gasteiger charge is 2.21. The zero-order valence-electron chi connectivity index (χ0n) is 14.2. The Kier molecular flexibility index (Phi) is 6.68. The lowest BCUT2D eigenvalue weighted by molar-refractivity contribution is 0.110. The first-order chi connectivity index (χ1) is 10.6. The maximum atomic E-state index is 10.4. The van der Waals surface area contributed by atoms with E-state index >= 15 is 0 Å². The van der Waals surface area contributed by atoms with E-state index in [0.717, 1.165) is 24.3 Å². The van der Waals surface area contributed by atoms with E-state index in [0.29, 0.717) is 12.6 Å². The van der Waals surface area contributed by atoms with Crippen LogP contribution in [0, 0.1) is 0 Å². The van der Waals surface area contributed by atoms with Crippen LogP contribution in [0.2, 0.25) is 0 Å². The van der Waals surface area contributed by atoms with Crippen molar-refractivity contribution >= 4 is 0 Å². The van der Waals surface area contributed by atoms with Gasteiger partial charge >= 0.3 is 0 Å². The van der Waals surface area contributed by atoms with Crippen LogP contribution in [-0.2, 0) is 0 Å². The summed E-state index contributed by atoms with van der Waals surface area (Å²) in [5.41, 5.74) is 0.972. The average Bonchev–Trinajstić information content (AvgIpc) is 2.54. The number of aliphatic hydroxyl groups excluding tert-OH is 1. The normalized spacial score (nSPS) is 18.6. The molecule has 0 aromatic heterocycles. The van der Waals surface area contributed by atoms with Crippen molar-refractivity contribution in [3.63, 3.8) is 0 Å². The number of nitrogens with zero attached hydrogens (tertiary/aromatic N) is 2. The lowest BCUT2D eigenvalue weighted by Crippen LogP contribution is -2.42. The molecule has 2 rings (SSSR count). The third kappa shape index (κ3) is 4.97. The molecule has 0 saturated carbocycles. The summed E-state index contributed by atoms with van der Waals surface area (Å²) in [4.78, 5) is 4.80. The monoisotopic (exact) mass is 306 g/mol. The first-order valence-electron chi connectivity index (χ1n) is 8.39. The van der Waals surface area contributed by atoms with Gasteiger partial charge in [0.05, 0.1) is 12.7 Å². The molecule has 0 bridgehead atoms. The quantitative estimate of drug-likeness (QED) is 0.840. The van der Waals surface area contributed by atoms with E-state index in [4.69, 9.17) is 4.74 Å². The van der Waals surface area contributed by atoms with Gasteiger partial charge in [-0.15, -0.1) is 0 Å². The first-order valence-corrected chi connectivity index (χ1v) is 8.39. The topological polar surface area (TPSA) is 35.9 Å². The minimum Gasteiger partial charge on any atom is -0.494 e. The molecule has 124 valence electrons. The first kappa shape index (κ1) is 17.3. The SMILES string of the molecule is CCOc1ccc(C(O)CCN(C)C2CCN(C)CC2)cc1. The Morgan fingerprint density at radius 3 is 2.50 bits per heavy atom. The molecule has 1 aliphatic heterocycles. The van der Waals surface area contributed by atoms with Gasteiger partial charge in [-0.3, -0.25) is 0 Å². The summed E-state index contributed by atoms with van der Waals surface area (Å²) in [6.45, 7) is 5.93. The Hall–Kier alpha value is -1.10. The van der Waals surface area contributed by atoms with E-state index in [2.05, 4.69) is 23.9 Å². The Balaban J connectivity index is 1.77. The Morgan fingerprint density at radius 1 is 1.27 bits per heavy atom. The highest BCUT2D eigenvalue weighted by molar-refractivity contribution is 5.28. The van der Waals surface area contributed by atoms with Gasteiger partial charge in [-0.1, -0.05) is 12.1 Å². The van der Waals surface area contributed by atoms with Crippen LogP contribution in [0.3, 0.4) is 0 Å². The maximum Gasteiger partial charge on any atom is 0.119 e. The molecular formula is C18H30N2O2. The highest BCUT2D eigenvalue weighted by Crippen LogP contribution is 2.22. The largest absolute Gasteiger partial charge is 0.494 e. The second kappa shape index (κ2) is 8.51. The van der Waals surface area contributed by atoms with E-state index in [1.807, 2.05) is 31.2 Å². The Labute approximate surface area is 134 Å². The molecule has 0 aliphatic carbocycles. The summed E-state index contributed by atoms with van der Waals surface area (Å²) in [5.74, 6) is 0.863. The molecule has 22 heavy (non-hydrogen) atoms. The molecule has 1 heterocycles. The number of rotatable bonds is 7. The minimum atomic E-state index is -0.399. The lowest BCUT2D eigenvalue weighted by atomic mass is 10.0. The molecule has 4 heteroatoms. The van der Waals surface area contributed by atoms with Crippen molar-refractivity contribution in [2.45, 2.75) is 38.3 Å². The summed E-state index contributed by atoms with van der Waals surface area (Å²) >= 11 is 0. The van der Waals surface area contributed by atoms with Crippen molar-refractivity contribution in [2.75, 3.05) is 40.3 Å². The van der Waals surface area contributed by atoms with E-state index in [1.165, 1.54) is 25.9 Å². The predicted molar refractivity (Wildman–Crippen MR) is 90.3 cm³/mol. The van der Waals surface area contributed by atoms with Gasteiger partial charge in [-0.2, -0.15) is 0 Å². The summed E-state index contributed by atoms with van der Waals surface area (Å²) in [5, 5.41) is 10.4. The predicted octanol–water partition coefficient (Wildman–Crippen LogP) is 2.53. The summed E-state index contributed by atoms with van der Waals surface area (Å²) < 4.78 is 5.43. The molecule has 1 aromatic carbocycles. The van der Waals surface area contributed by atoms with E-state index < -0.39 is 6.10 Å². The number of aliphatic hydroxyl groups is 1. The molecule has 1 fully saturated rings. The van der Waals surface area contributed by atoms with Crippen molar-refractivity contribution in [3.8, 4) is 5.75 Å². The molecule has 1 aliphatic rings. The molecule has 1 saturated heterocycles. The third-order valence-electron chi connectivity index (χ3n) is 4.64. The van der Waals surface area contributed by atoms with Gasteiger partial charge in [0.15, 0.2) is 0 Å². The number of hydrogen-bond donors (Lipinski definition) is 1.